The summed E-state index contributed by atoms with van der Waals surface area (Å²) in [6.07, 6.45) is 0.479. The fraction of sp³-hybridized carbons (Fsp3) is 0.467. The molecule has 0 saturated carbocycles. The lowest BCUT2D eigenvalue weighted by molar-refractivity contribution is -0.158. The second-order valence-electron chi connectivity index (χ2n) is 5.37. The van der Waals surface area contributed by atoms with E-state index in [1.165, 1.54) is 4.90 Å². The molecule has 1 aromatic carbocycles. The van der Waals surface area contributed by atoms with Gasteiger partial charge in [0.2, 0.25) is 5.91 Å². The summed E-state index contributed by atoms with van der Waals surface area (Å²) in [7, 11) is 0. The first-order chi connectivity index (χ1) is 10.6. The SMILES string of the molecule is CCC(C(=O)O)(c1ccccc1)N1CC(CN=[N+]=[N-])CC1=O. The second-order valence-corrected chi connectivity index (χ2v) is 5.37. The van der Waals surface area contributed by atoms with Crippen LogP contribution in [0.25, 0.3) is 10.4 Å². The molecule has 1 saturated heterocycles. The Labute approximate surface area is 128 Å². The van der Waals surface area contributed by atoms with Gasteiger partial charge in [-0.2, -0.15) is 0 Å². The van der Waals surface area contributed by atoms with Gasteiger partial charge in [-0.25, -0.2) is 4.79 Å². The van der Waals surface area contributed by atoms with Crippen LogP contribution in [-0.2, 0) is 15.1 Å². The summed E-state index contributed by atoms with van der Waals surface area (Å²) < 4.78 is 0. The second kappa shape index (κ2) is 6.49. The zero-order valence-electron chi connectivity index (χ0n) is 12.3. The van der Waals surface area contributed by atoms with Crippen molar-refractivity contribution in [2.75, 3.05) is 13.1 Å². The number of amides is 1. The predicted octanol–water partition coefficient (Wildman–Crippen LogP) is 2.54. The summed E-state index contributed by atoms with van der Waals surface area (Å²) in [6.45, 7) is 2.25. The van der Waals surface area contributed by atoms with Gasteiger partial charge in [0.25, 0.3) is 0 Å². The molecule has 0 radical (unpaired) electrons. The van der Waals surface area contributed by atoms with Gasteiger partial charge in [-0.3, -0.25) is 4.79 Å². The van der Waals surface area contributed by atoms with Gasteiger partial charge in [-0.1, -0.05) is 42.4 Å². The van der Waals surface area contributed by atoms with E-state index in [4.69, 9.17) is 5.53 Å². The minimum absolute atomic E-state index is 0.141. The lowest BCUT2D eigenvalue weighted by atomic mass is 9.85. The number of carbonyl (C=O) groups excluding carboxylic acids is 1. The molecule has 0 bridgehead atoms. The van der Waals surface area contributed by atoms with Crippen molar-refractivity contribution in [2.45, 2.75) is 25.3 Å². The van der Waals surface area contributed by atoms with Gasteiger partial charge in [-0.05, 0) is 23.4 Å². The quantitative estimate of drug-likeness (QED) is 0.495. The Morgan fingerprint density at radius 3 is 2.73 bits per heavy atom. The summed E-state index contributed by atoms with van der Waals surface area (Å²) in [5.41, 5.74) is 7.61. The minimum Gasteiger partial charge on any atom is -0.479 e. The van der Waals surface area contributed by atoms with Gasteiger partial charge in [-0.15, -0.1) is 0 Å². The summed E-state index contributed by atoms with van der Waals surface area (Å²) in [6, 6.07) is 8.79. The molecular weight excluding hydrogens is 284 g/mol. The molecule has 22 heavy (non-hydrogen) atoms. The summed E-state index contributed by atoms with van der Waals surface area (Å²) in [4.78, 5) is 28.5. The minimum atomic E-state index is -1.37. The number of carboxylic acids is 1. The average molecular weight is 302 g/mol. The fourth-order valence-corrected chi connectivity index (χ4v) is 3.08. The lowest BCUT2D eigenvalue weighted by Gasteiger charge is -2.38. The van der Waals surface area contributed by atoms with Gasteiger partial charge < -0.3 is 10.0 Å². The number of hydrogen-bond acceptors (Lipinski definition) is 3. The Hall–Kier alpha value is -2.53. The van der Waals surface area contributed by atoms with Crippen molar-refractivity contribution in [2.24, 2.45) is 11.0 Å². The van der Waals surface area contributed by atoms with Crippen molar-refractivity contribution in [3.8, 4) is 0 Å². The van der Waals surface area contributed by atoms with Crippen LogP contribution in [-0.4, -0.2) is 35.0 Å². The molecule has 1 fully saturated rings. The Balaban J connectivity index is 2.41. The van der Waals surface area contributed by atoms with E-state index >= 15 is 0 Å². The van der Waals surface area contributed by atoms with E-state index in [0.29, 0.717) is 5.56 Å². The number of likely N-dealkylation sites (tertiary alicyclic amines) is 1. The van der Waals surface area contributed by atoms with Gasteiger partial charge in [0, 0.05) is 24.4 Å². The fourth-order valence-electron chi connectivity index (χ4n) is 3.08. The number of azide groups is 1. The number of benzene rings is 1. The molecule has 0 aliphatic carbocycles. The first-order valence-electron chi connectivity index (χ1n) is 7.16. The first-order valence-corrected chi connectivity index (χ1v) is 7.16. The van der Waals surface area contributed by atoms with E-state index in [1.807, 2.05) is 6.07 Å². The van der Waals surface area contributed by atoms with Crippen molar-refractivity contribution in [3.63, 3.8) is 0 Å². The van der Waals surface area contributed by atoms with Gasteiger partial charge in [0.15, 0.2) is 5.54 Å². The van der Waals surface area contributed by atoms with Crippen LogP contribution >= 0.6 is 0 Å². The highest BCUT2D eigenvalue weighted by Crippen LogP contribution is 2.37. The summed E-state index contributed by atoms with van der Waals surface area (Å²) in [5, 5.41) is 13.3. The Kier molecular flexibility index (Phi) is 4.68. The maximum atomic E-state index is 12.4. The molecule has 116 valence electrons. The number of carbonyl (C=O) groups is 2. The number of aliphatic carboxylic acids is 1. The summed E-state index contributed by atoms with van der Waals surface area (Å²) >= 11 is 0. The molecule has 0 spiro atoms. The number of nitrogens with zero attached hydrogens (tertiary/aromatic N) is 4. The largest absolute Gasteiger partial charge is 0.479 e. The van der Waals surface area contributed by atoms with Gasteiger partial charge in [0.1, 0.15) is 0 Å². The van der Waals surface area contributed by atoms with Crippen LogP contribution in [0.2, 0.25) is 0 Å². The van der Waals surface area contributed by atoms with Crippen LogP contribution in [0.5, 0.6) is 0 Å². The molecule has 2 unspecified atom stereocenters. The van der Waals surface area contributed by atoms with E-state index in [9.17, 15) is 14.7 Å². The number of rotatable bonds is 6. The number of carboxylic acid groups (broad SMARTS) is 1. The van der Waals surface area contributed by atoms with Crippen molar-refractivity contribution >= 4 is 11.9 Å². The van der Waals surface area contributed by atoms with Gasteiger partial charge in [0.05, 0.1) is 0 Å². The average Bonchev–Trinajstić information content (AvgIpc) is 2.89. The zero-order chi connectivity index (χ0) is 16.2. The zero-order valence-corrected chi connectivity index (χ0v) is 12.3. The van der Waals surface area contributed by atoms with Crippen molar-refractivity contribution < 1.29 is 14.7 Å². The monoisotopic (exact) mass is 302 g/mol. The van der Waals surface area contributed by atoms with E-state index < -0.39 is 11.5 Å². The maximum Gasteiger partial charge on any atom is 0.334 e. The highest BCUT2D eigenvalue weighted by molar-refractivity contribution is 5.89. The van der Waals surface area contributed by atoms with Crippen LogP contribution in [0, 0.1) is 5.92 Å². The molecule has 1 heterocycles. The first kappa shape index (κ1) is 15.9. The normalized spacial score (nSPS) is 20.3. The summed E-state index contributed by atoms with van der Waals surface area (Å²) in [5.74, 6) is -1.40. The van der Waals surface area contributed by atoms with E-state index in [0.717, 1.165) is 0 Å². The molecule has 7 heteroatoms. The lowest BCUT2D eigenvalue weighted by Crippen LogP contribution is -2.52. The van der Waals surface area contributed by atoms with Gasteiger partial charge >= 0.3 is 5.97 Å². The van der Waals surface area contributed by atoms with Crippen LogP contribution in [0.4, 0.5) is 0 Å². The molecule has 7 nitrogen and oxygen atoms in total. The standard InChI is InChI=1S/C15H18N4O3/c1-2-15(14(21)22,12-6-4-3-5-7-12)19-10-11(8-13(19)20)9-17-18-16/h3-7,11H,2,8-10H2,1H3,(H,21,22). The molecule has 0 aromatic heterocycles. The molecule has 1 N–H and O–H groups in total. The maximum absolute atomic E-state index is 12.4. The molecule has 2 atom stereocenters. The highest BCUT2D eigenvalue weighted by Gasteiger charge is 2.50. The predicted molar refractivity (Wildman–Crippen MR) is 79.9 cm³/mol. The third kappa shape index (κ3) is 2.63. The van der Waals surface area contributed by atoms with Crippen molar-refractivity contribution in [1.82, 2.24) is 4.90 Å². The molecule has 1 aliphatic heterocycles. The van der Waals surface area contributed by atoms with Crippen LogP contribution in [0.15, 0.2) is 35.4 Å². The molecule has 1 aliphatic rings. The molecule has 2 rings (SSSR count). The van der Waals surface area contributed by atoms with E-state index in [1.54, 1.807) is 31.2 Å². The van der Waals surface area contributed by atoms with Crippen LogP contribution in [0.3, 0.4) is 0 Å². The van der Waals surface area contributed by atoms with E-state index in [-0.39, 0.29) is 37.8 Å². The van der Waals surface area contributed by atoms with E-state index in [2.05, 4.69) is 10.0 Å². The third-order valence-electron chi connectivity index (χ3n) is 4.19. The molecule has 1 aromatic rings. The van der Waals surface area contributed by atoms with Crippen molar-refractivity contribution in [1.29, 1.82) is 0 Å². The van der Waals surface area contributed by atoms with Crippen molar-refractivity contribution in [3.05, 3.63) is 46.3 Å². The topological polar surface area (TPSA) is 106 Å². The number of hydrogen-bond donors (Lipinski definition) is 1. The van der Waals surface area contributed by atoms with Crippen LogP contribution in [0.1, 0.15) is 25.3 Å². The smallest absolute Gasteiger partial charge is 0.334 e. The van der Waals surface area contributed by atoms with Crippen LogP contribution < -0.4 is 0 Å². The Bertz CT molecular complexity index is 612. The molecule has 1 amide bonds. The highest BCUT2D eigenvalue weighted by atomic mass is 16.4. The third-order valence-corrected chi connectivity index (χ3v) is 4.19. The Morgan fingerprint density at radius 2 is 2.18 bits per heavy atom. The molecular formula is C15H18N4O3. The Morgan fingerprint density at radius 1 is 1.50 bits per heavy atom.